The van der Waals surface area contributed by atoms with E-state index in [4.69, 9.17) is 11.5 Å². The standard InChI is InChI=1S/C25H30F3N5O3.2ClH/c26-25(27,28)17-7-4-8-19(13-17)31-24(36)21(10-9-16-5-2-1-3-6-16)32-23(35)20(30)14-22(34)33-12-11-18(29)15-33;;/h1-8,13,18,20-21H,9-12,14-15,29-30H2,(H,31,36)(H,32,35);2*1H/t18-,20-,21-;;/m0../s1. The molecule has 1 aliphatic rings. The number of likely N-dealkylation sites (tertiary alicyclic amines) is 1. The lowest BCUT2D eigenvalue weighted by molar-refractivity contribution is -0.137. The zero-order valence-electron chi connectivity index (χ0n) is 20.4. The van der Waals surface area contributed by atoms with Gasteiger partial charge in [-0.05, 0) is 43.0 Å². The highest BCUT2D eigenvalue weighted by Gasteiger charge is 2.31. The van der Waals surface area contributed by atoms with E-state index in [2.05, 4.69) is 10.6 Å². The van der Waals surface area contributed by atoms with E-state index in [1.165, 1.54) is 12.1 Å². The van der Waals surface area contributed by atoms with Crippen molar-refractivity contribution >= 4 is 48.2 Å². The van der Waals surface area contributed by atoms with E-state index in [0.29, 0.717) is 25.9 Å². The van der Waals surface area contributed by atoms with Gasteiger partial charge in [-0.3, -0.25) is 14.4 Å². The van der Waals surface area contributed by atoms with Gasteiger partial charge in [0.05, 0.1) is 18.0 Å². The molecule has 1 saturated heterocycles. The molecule has 1 aliphatic heterocycles. The van der Waals surface area contributed by atoms with E-state index in [9.17, 15) is 27.6 Å². The fourth-order valence-corrected chi connectivity index (χ4v) is 3.93. The third-order valence-corrected chi connectivity index (χ3v) is 5.96. The van der Waals surface area contributed by atoms with E-state index in [0.717, 1.165) is 17.7 Å². The van der Waals surface area contributed by atoms with Gasteiger partial charge in [0.1, 0.15) is 6.04 Å². The van der Waals surface area contributed by atoms with Crippen molar-refractivity contribution < 1.29 is 27.6 Å². The van der Waals surface area contributed by atoms with Gasteiger partial charge >= 0.3 is 6.18 Å². The minimum absolute atomic E-state index is 0. The molecule has 1 heterocycles. The predicted molar refractivity (Wildman–Crippen MR) is 143 cm³/mol. The number of carbonyl (C=O) groups is 3. The zero-order chi connectivity index (χ0) is 26.3. The van der Waals surface area contributed by atoms with Gasteiger partial charge in [0.2, 0.25) is 17.7 Å². The number of hydrogen-bond acceptors (Lipinski definition) is 5. The van der Waals surface area contributed by atoms with Gasteiger partial charge in [0.25, 0.3) is 0 Å². The van der Waals surface area contributed by atoms with Crippen LogP contribution < -0.4 is 22.1 Å². The number of nitrogens with two attached hydrogens (primary N) is 2. The normalized spacial score (nSPS) is 16.4. The smallest absolute Gasteiger partial charge is 0.343 e. The number of halogens is 5. The summed E-state index contributed by atoms with van der Waals surface area (Å²) < 4.78 is 39.1. The lowest BCUT2D eigenvalue weighted by Crippen LogP contribution is -2.51. The van der Waals surface area contributed by atoms with Gasteiger partial charge in [-0.15, -0.1) is 24.8 Å². The molecule has 6 N–H and O–H groups in total. The van der Waals surface area contributed by atoms with Crippen molar-refractivity contribution in [3.8, 4) is 0 Å². The van der Waals surface area contributed by atoms with E-state index in [1.54, 1.807) is 4.90 Å². The first-order valence-corrected chi connectivity index (χ1v) is 11.6. The Labute approximate surface area is 231 Å². The Balaban J connectivity index is 0.00000361. The molecule has 0 spiro atoms. The summed E-state index contributed by atoms with van der Waals surface area (Å²) in [4.78, 5) is 39.7. The average Bonchev–Trinajstić information content (AvgIpc) is 3.28. The maximum absolute atomic E-state index is 13.0. The second-order valence-electron chi connectivity index (χ2n) is 8.85. The Kier molecular flexibility index (Phi) is 13.0. The molecule has 2 aromatic rings. The molecular weight excluding hydrogens is 546 g/mol. The molecule has 0 radical (unpaired) electrons. The van der Waals surface area contributed by atoms with E-state index < -0.39 is 35.6 Å². The molecule has 1 fully saturated rings. The van der Waals surface area contributed by atoms with Crippen molar-refractivity contribution in [1.82, 2.24) is 10.2 Å². The summed E-state index contributed by atoms with van der Waals surface area (Å²) in [6.45, 7) is 0.889. The molecule has 0 bridgehead atoms. The lowest BCUT2D eigenvalue weighted by Gasteiger charge is -2.22. The number of nitrogens with one attached hydrogen (secondary N) is 2. The van der Waals surface area contributed by atoms with Gasteiger partial charge in [-0.1, -0.05) is 36.4 Å². The Morgan fingerprint density at radius 1 is 1.03 bits per heavy atom. The zero-order valence-corrected chi connectivity index (χ0v) is 22.1. The number of rotatable bonds is 9. The molecular formula is C25H32Cl2F3N5O3. The number of nitrogens with zero attached hydrogens (tertiary/aromatic N) is 1. The maximum atomic E-state index is 13.0. The molecule has 2 aromatic carbocycles. The number of aryl methyl sites for hydroxylation is 1. The van der Waals surface area contributed by atoms with Crippen LogP contribution in [0.5, 0.6) is 0 Å². The van der Waals surface area contributed by atoms with Crippen molar-refractivity contribution in [3.05, 3.63) is 65.7 Å². The predicted octanol–water partition coefficient (Wildman–Crippen LogP) is 2.88. The van der Waals surface area contributed by atoms with Crippen LogP contribution in [0.4, 0.5) is 18.9 Å². The van der Waals surface area contributed by atoms with Crippen LogP contribution in [-0.4, -0.2) is 53.8 Å². The first-order valence-electron chi connectivity index (χ1n) is 11.6. The van der Waals surface area contributed by atoms with Crippen LogP contribution in [0.15, 0.2) is 54.6 Å². The van der Waals surface area contributed by atoms with Crippen LogP contribution in [0.1, 0.15) is 30.4 Å². The highest BCUT2D eigenvalue weighted by molar-refractivity contribution is 5.98. The van der Waals surface area contributed by atoms with Crippen molar-refractivity contribution in [2.75, 3.05) is 18.4 Å². The quantitative estimate of drug-likeness (QED) is 0.364. The maximum Gasteiger partial charge on any atom is 0.416 e. The molecule has 0 saturated carbocycles. The third-order valence-electron chi connectivity index (χ3n) is 5.96. The third kappa shape index (κ3) is 9.79. The molecule has 13 heteroatoms. The molecule has 38 heavy (non-hydrogen) atoms. The second-order valence-corrected chi connectivity index (χ2v) is 8.85. The molecule has 0 aliphatic carbocycles. The van der Waals surface area contributed by atoms with Gasteiger partial charge in [0.15, 0.2) is 0 Å². The van der Waals surface area contributed by atoms with Gasteiger partial charge in [0, 0.05) is 24.8 Å². The SMILES string of the molecule is Cl.Cl.N[C@H]1CCN(C(=O)C[C@H](N)C(=O)N[C@@H](CCc2ccccc2)C(=O)Nc2cccc(C(F)(F)F)c2)C1. The van der Waals surface area contributed by atoms with Crippen molar-refractivity contribution in [3.63, 3.8) is 0 Å². The first kappa shape index (κ1) is 33.2. The van der Waals surface area contributed by atoms with Gasteiger partial charge in [-0.25, -0.2) is 0 Å². The minimum Gasteiger partial charge on any atom is -0.343 e. The van der Waals surface area contributed by atoms with Crippen LogP contribution in [0.3, 0.4) is 0 Å². The second kappa shape index (κ2) is 14.9. The number of alkyl halides is 3. The number of anilines is 1. The van der Waals surface area contributed by atoms with Crippen LogP contribution >= 0.6 is 24.8 Å². The number of carbonyl (C=O) groups excluding carboxylic acids is 3. The van der Waals surface area contributed by atoms with E-state index in [1.807, 2.05) is 30.3 Å². The fourth-order valence-electron chi connectivity index (χ4n) is 3.93. The minimum atomic E-state index is -4.57. The number of benzene rings is 2. The number of amides is 3. The van der Waals surface area contributed by atoms with Gasteiger partial charge in [-0.2, -0.15) is 13.2 Å². The van der Waals surface area contributed by atoms with Gasteiger partial charge < -0.3 is 27.0 Å². The Morgan fingerprint density at radius 2 is 1.71 bits per heavy atom. The summed E-state index contributed by atoms with van der Waals surface area (Å²) >= 11 is 0. The molecule has 3 atom stereocenters. The topological polar surface area (TPSA) is 131 Å². The summed E-state index contributed by atoms with van der Waals surface area (Å²) in [5, 5.41) is 5.00. The fraction of sp³-hybridized carbons (Fsp3) is 0.400. The molecule has 3 amide bonds. The van der Waals surface area contributed by atoms with Crippen LogP contribution in [0.2, 0.25) is 0 Å². The Morgan fingerprint density at radius 3 is 2.32 bits per heavy atom. The Hall–Kier alpha value is -2.86. The highest BCUT2D eigenvalue weighted by atomic mass is 35.5. The summed E-state index contributed by atoms with van der Waals surface area (Å²) in [7, 11) is 0. The van der Waals surface area contributed by atoms with E-state index in [-0.39, 0.29) is 55.3 Å². The lowest BCUT2D eigenvalue weighted by atomic mass is 10.0. The number of hydrogen-bond donors (Lipinski definition) is 4. The molecule has 3 rings (SSSR count). The van der Waals surface area contributed by atoms with Crippen molar-refractivity contribution in [2.45, 2.75) is 50.0 Å². The monoisotopic (exact) mass is 577 g/mol. The summed E-state index contributed by atoms with van der Waals surface area (Å²) in [5.41, 5.74) is 11.7. The summed E-state index contributed by atoms with van der Waals surface area (Å²) in [5.74, 6) is -1.70. The Bertz CT molecular complexity index is 1080. The van der Waals surface area contributed by atoms with Crippen LogP contribution in [0, 0.1) is 0 Å². The van der Waals surface area contributed by atoms with Crippen molar-refractivity contribution in [1.29, 1.82) is 0 Å². The van der Waals surface area contributed by atoms with E-state index >= 15 is 0 Å². The van der Waals surface area contributed by atoms with Crippen molar-refractivity contribution in [2.24, 2.45) is 11.5 Å². The molecule has 0 aromatic heterocycles. The highest BCUT2D eigenvalue weighted by Crippen LogP contribution is 2.30. The van der Waals surface area contributed by atoms with Crippen LogP contribution in [0.25, 0.3) is 0 Å². The summed E-state index contributed by atoms with van der Waals surface area (Å²) in [6, 6.07) is 11.0. The van der Waals surface area contributed by atoms with Crippen LogP contribution in [-0.2, 0) is 27.0 Å². The molecule has 0 unspecified atom stereocenters. The average molecular weight is 578 g/mol. The largest absolute Gasteiger partial charge is 0.416 e. The molecule has 8 nitrogen and oxygen atoms in total. The summed E-state index contributed by atoms with van der Waals surface area (Å²) in [6.07, 6.45) is -3.56. The first-order chi connectivity index (χ1) is 17.0. The molecule has 210 valence electrons.